The number of nitrogens with zero attached hydrogens (tertiary/aromatic N) is 1. The van der Waals surface area contributed by atoms with Crippen molar-refractivity contribution in [1.29, 1.82) is 0 Å². The fourth-order valence-electron chi connectivity index (χ4n) is 2.27. The zero-order valence-electron chi connectivity index (χ0n) is 11.6. The molecule has 1 fully saturated rings. The maximum atomic E-state index is 3.44. The first-order chi connectivity index (χ1) is 7.74. The van der Waals surface area contributed by atoms with Gasteiger partial charge in [0.2, 0.25) is 0 Å². The van der Waals surface area contributed by atoms with Gasteiger partial charge < -0.3 is 10.2 Å². The number of hydrogen-bond donors (Lipinski definition) is 1. The van der Waals surface area contributed by atoms with Crippen LogP contribution in [0.1, 0.15) is 33.1 Å². The highest BCUT2D eigenvalue weighted by molar-refractivity contribution is 7.99. The lowest BCUT2D eigenvalue weighted by Crippen LogP contribution is -2.38. The lowest BCUT2D eigenvalue weighted by atomic mass is 9.97. The molecule has 1 heterocycles. The second kappa shape index (κ2) is 10.5. The van der Waals surface area contributed by atoms with Crippen molar-refractivity contribution >= 4 is 24.2 Å². The molecule has 0 saturated carbocycles. The summed E-state index contributed by atoms with van der Waals surface area (Å²) in [6.07, 6.45) is 4.06. The van der Waals surface area contributed by atoms with E-state index < -0.39 is 0 Å². The van der Waals surface area contributed by atoms with E-state index in [1.165, 1.54) is 50.4 Å². The van der Waals surface area contributed by atoms with E-state index >= 15 is 0 Å². The highest BCUT2D eigenvalue weighted by Crippen LogP contribution is 2.15. The summed E-state index contributed by atoms with van der Waals surface area (Å²) in [6, 6.07) is 0.744. The molecule has 17 heavy (non-hydrogen) atoms. The number of halogens is 1. The van der Waals surface area contributed by atoms with Crippen LogP contribution in [0, 0.1) is 5.92 Å². The van der Waals surface area contributed by atoms with Crippen LogP contribution in [-0.4, -0.2) is 49.1 Å². The summed E-state index contributed by atoms with van der Waals surface area (Å²) < 4.78 is 0. The predicted octanol–water partition coefficient (Wildman–Crippen LogP) is 2.87. The average molecular weight is 281 g/mol. The number of rotatable bonds is 7. The fraction of sp³-hybridized carbons (Fsp3) is 1.00. The SMILES string of the molecule is CCSCCC(C)N(C)CC1CCNCC1.Cl. The number of piperidine rings is 1. The molecule has 1 unspecified atom stereocenters. The molecule has 0 bridgehead atoms. The van der Waals surface area contributed by atoms with Gasteiger partial charge in [-0.3, -0.25) is 0 Å². The Kier molecular flexibility index (Phi) is 10.8. The minimum absolute atomic E-state index is 0. The second-order valence-electron chi connectivity index (χ2n) is 4.97. The Hall–Kier alpha value is 0.560. The molecule has 0 spiro atoms. The predicted molar refractivity (Wildman–Crippen MR) is 82.5 cm³/mol. The van der Waals surface area contributed by atoms with Crippen molar-refractivity contribution in [3.05, 3.63) is 0 Å². The molecule has 0 amide bonds. The Balaban J connectivity index is 0.00000256. The largest absolute Gasteiger partial charge is 0.317 e. The second-order valence-corrected chi connectivity index (χ2v) is 6.36. The molecule has 2 nitrogen and oxygen atoms in total. The van der Waals surface area contributed by atoms with Gasteiger partial charge in [0.05, 0.1) is 0 Å². The van der Waals surface area contributed by atoms with Gasteiger partial charge in [-0.15, -0.1) is 12.4 Å². The van der Waals surface area contributed by atoms with Crippen LogP contribution >= 0.6 is 24.2 Å². The van der Waals surface area contributed by atoms with E-state index in [-0.39, 0.29) is 12.4 Å². The van der Waals surface area contributed by atoms with Crippen molar-refractivity contribution in [3.63, 3.8) is 0 Å². The Morgan fingerprint density at radius 2 is 2.00 bits per heavy atom. The summed E-state index contributed by atoms with van der Waals surface area (Å²) in [5.74, 6) is 3.49. The van der Waals surface area contributed by atoms with Crippen LogP contribution in [0.3, 0.4) is 0 Å². The molecule has 0 aromatic rings. The van der Waals surface area contributed by atoms with Gasteiger partial charge in [0, 0.05) is 12.6 Å². The smallest absolute Gasteiger partial charge is 0.00718 e. The van der Waals surface area contributed by atoms with Gasteiger partial charge in [-0.2, -0.15) is 11.8 Å². The summed E-state index contributed by atoms with van der Waals surface area (Å²) in [4.78, 5) is 2.56. The zero-order valence-corrected chi connectivity index (χ0v) is 13.2. The third-order valence-corrected chi connectivity index (χ3v) is 4.57. The van der Waals surface area contributed by atoms with E-state index in [0.717, 1.165) is 12.0 Å². The van der Waals surface area contributed by atoms with Crippen molar-refractivity contribution in [2.75, 3.05) is 38.2 Å². The number of nitrogens with one attached hydrogen (secondary N) is 1. The van der Waals surface area contributed by atoms with E-state index in [1.54, 1.807) is 0 Å². The molecule has 0 aromatic carbocycles. The van der Waals surface area contributed by atoms with E-state index in [2.05, 4.69) is 42.9 Å². The highest BCUT2D eigenvalue weighted by Gasteiger charge is 2.17. The summed E-state index contributed by atoms with van der Waals surface area (Å²) in [7, 11) is 2.29. The van der Waals surface area contributed by atoms with E-state index in [0.29, 0.717) is 0 Å². The first-order valence-electron chi connectivity index (χ1n) is 6.72. The standard InChI is InChI=1S/C13H28N2S.ClH/c1-4-16-10-7-12(2)15(3)11-13-5-8-14-9-6-13;/h12-14H,4-11H2,1-3H3;1H. The third-order valence-electron chi connectivity index (χ3n) is 3.64. The van der Waals surface area contributed by atoms with Crippen LogP contribution in [0.5, 0.6) is 0 Å². The molecule has 1 atom stereocenters. The quantitative estimate of drug-likeness (QED) is 0.722. The lowest BCUT2D eigenvalue weighted by molar-refractivity contribution is 0.193. The summed E-state index contributed by atoms with van der Waals surface area (Å²) >= 11 is 2.06. The monoisotopic (exact) mass is 280 g/mol. The average Bonchev–Trinajstić information content (AvgIpc) is 2.30. The molecule has 1 N–H and O–H groups in total. The molecule has 1 aliphatic heterocycles. The Morgan fingerprint density at radius 1 is 1.35 bits per heavy atom. The van der Waals surface area contributed by atoms with Crippen LogP contribution in [0.4, 0.5) is 0 Å². The Labute approximate surface area is 118 Å². The molecular formula is C13H29ClN2S. The van der Waals surface area contributed by atoms with Crippen LogP contribution in [-0.2, 0) is 0 Å². The topological polar surface area (TPSA) is 15.3 Å². The van der Waals surface area contributed by atoms with Crippen molar-refractivity contribution < 1.29 is 0 Å². The fourth-order valence-corrected chi connectivity index (χ4v) is 3.07. The minimum Gasteiger partial charge on any atom is -0.317 e. The molecule has 104 valence electrons. The highest BCUT2D eigenvalue weighted by atomic mass is 35.5. The number of thioether (sulfide) groups is 1. The number of hydrogen-bond acceptors (Lipinski definition) is 3. The van der Waals surface area contributed by atoms with Gasteiger partial charge in [-0.05, 0) is 63.7 Å². The van der Waals surface area contributed by atoms with Crippen LogP contribution < -0.4 is 5.32 Å². The van der Waals surface area contributed by atoms with Crippen LogP contribution in [0.2, 0.25) is 0 Å². The van der Waals surface area contributed by atoms with Crippen molar-refractivity contribution in [3.8, 4) is 0 Å². The lowest BCUT2D eigenvalue weighted by Gasteiger charge is -2.31. The van der Waals surface area contributed by atoms with Crippen LogP contribution in [0.25, 0.3) is 0 Å². The normalized spacial score (nSPS) is 19.1. The summed E-state index contributed by atoms with van der Waals surface area (Å²) in [5, 5.41) is 3.44. The van der Waals surface area contributed by atoms with Gasteiger partial charge >= 0.3 is 0 Å². The van der Waals surface area contributed by atoms with Gasteiger partial charge in [0.15, 0.2) is 0 Å². The first-order valence-corrected chi connectivity index (χ1v) is 7.88. The Bertz CT molecular complexity index is 175. The third kappa shape index (κ3) is 7.55. The molecule has 1 rings (SSSR count). The van der Waals surface area contributed by atoms with Gasteiger partial charge in [-0.1, -0.05) is 6.92 Å². The summed E-state index contributed by atoms with van der Waals surface area (Å²) in [5.41, 5.74) is 0. The molecule has 1 aliphatic rings. The first kappa shape index (κ1) is 17.6. The molecule has 0 aliphatic carbocycles. The van der Waals surface area contributed by atoms with Gasteiger partial charge in [0.25, 0.3) is 0 Å². The Morgan fingerprint density at radius 3 is 2.59 bits per heavy atom. The maximum Gasteiger partial charge on any atom is 0.00718 e. The molecule has 4 heteroatoms. The minimum atomic E-state index is 0. The van der Waals surface area contributed by atoms with E-state index in [4.69, 9.17) is 0 Å². The van der Waals surface area contributed by atoms with E-state index in [1.807, 2.05) is 0 Å². The van der Waals surface area contributed by atoms with Crippen LogP contribution in [0.15, 0.2) is 0 Å². The van der Waals surface area contributed by atoms with E-state index in [9.17, 15) is 0 Å². The maximum absolute atomic E-state index is 3.44. The van der Waals surface area contributed by atoms with Crippen molar-refractivity contribution in [1.82, 2.24) is 10.2 Å². The molecule has 0 aromatic heterocycles. The van der Waals surface area contributed by atoms with Gasteiger partial charge in [0.1, 0.15) is 0 Å². The summed E-state index contributed by atoms with van der Waals surface area (Å²) in [6.45, 7) is 8.35. The van der Waals surface area contributed by atoms with Crippen molar-refractivity contribution in [2.24, 2.45) is 5.92 Å². The molecule has 1 saturated heterocycles. The van der Waals surface area contributed by atoms with Crippen molar-refractivity contribution in [2.45, 2.75) is 39.2 Å². The zero-order chi connectivity index (χ0) is 11.8. The molecular weight excluding hydrogens is 252 g/mol. The molecule has 0 radical (unpaired) electrons. The van der Waals surface area contributed by atoms with Gasteiger partial charge in [-0.25, -0.2) is 0 Å².